The number of sulfonamides is 1. The van der Waals surface area contributed by atoms with Gasteiger partial charge in [-0.25, -0.2) is 22.4 Å². The summed E-state index contributed by atoms with van der Waals surface area (Å²) < 4.78 is 53.1. The van der Waals surface area contributed by atoms with Crippen LogP contribution in [0.5, 0.6) is 0 Å². The normalized spacial score (nSPS) is 25.1. The number of nitrogens with one attached hydrogen (secondary N) is 3. The predicted octanol–water partition coefficient (Wildman–Crippen LogP) is 3.13. The number of hydrogen-bond acceptors (Lipinski definition) is 10. The molecule has 3 N–H and O–H groups in total. The monoisotopic (exact) mass is 785 g/mol. The lowest BCUT2D eigenvalue weighted by atomic mass is 10.1. The maximum Gasteiger partial charge on any atom is 0.410 e. The minimum atomic E-state index is -3.97. The van der Waals surface area contributed by atoms with Gasteiger partial charge < -0.3 is 25.0 Å². The molecule has 0 spiro atoms. The van der Waals surface area contributed by atoms with Gasteiger partial charge in [-0.15, -0.1) is 6.58 Å². The minimum Gasteiger partial charge on any atom is -0.444 e. The number of hydrogen-bond donors (Lipinski definition) is 3. The van der Waals surface area contributed by atoms with Crippen LogP contribution in [-0.4, -0.2) is 95.0 Å². The van der Waals surface area contributed by atoms with Crippen LogP contribution < -0.4 is 15.4 Å². The zero-order valence-corrected chi connectivity index (χ0v) is 32.0. The van der Waals surface area contributed by atoms with Crippen LogP contribution in [-0.2, 0) is 51.8 Å². The van der Waals surface area contributed by atoms with Crippen LogP contribution in [0.1, 0.15) is 83.3 Å². The molecule has 5 amide bonds. The van der Waals surface area contributed by atoms with E-state index < -0.39 is 86.2 Å². The maximum atomic E-state index is 14.4. The standard InChI is InChI=1S/C38H48FN5O10S/c1-5-24-18-38(24,34(48)42-55(51,52)27-14-15-27)41-32(46)31-17-26(53-36(50)43-19-23-7-6-8-29(39)28(23)21-43)20-44(31)33(47)30(40-35(49)54-37(2,3)4)16-13-25(45)12-11-22-9-10-22/h5-8,11-12,22,24,26-27,30-31H,1,9-10,13-21H2,2-4H3,(H,40,49)(H,41,46)(H,42,48)/b12-11-/t24-,26-,30-,31+,38-/m1/s1. The van der Waals surface area contributed by atoms with Gasteiger partial charge in [0.25, 0.3) is 5.91 Å². The molecule has 4 fully saturated rings. The molecule has 1 aromatic rings. The molecule has 0 bridgehead atoms. The second-order valence-electron chi connectivity index (χ2n) is 16.1. The maximum absolute atomic E-state index is 14.4. The fraction of sp³-hybridized carbons (Fsp3) is 0.579. The lowest BCUT2D eigenvalue weighted by Crippen LogP contribution is -2.58. The van der Waals surface area contributed by atoms with Crippen LogP contribution in [0, 0.1) is 17.7 Å². The van der Waals surface area contributed by atoms with Crippen molar-refractivity contribution in [2.75, 3.05) is 6.54 Å². The van der Waals surface area contributed by atoms with Crippen LogP contribution in [0.15, 0.2) is 43.0 Å². The Bertz CT molecular complexity index is 1910. The molecule has 3 aliphatic carbocycles. The molecule has 1 aromatic carbocycles. The highest BCUT2D eigenvalue weighted by Gasteiger charge is 2.62. The van der Waals surface area contributed by atoms with E-state index in [1.807, 2.05) is 6.08 Å². The summed E-state index contributed by atoms with van der Waals surface area (Å²) in [6.07, 6.45) is 4.25. The van der Waals surface area contributed by atoms with Gasteiger partial charge in [-0.2, -0.15) is 0 Å². The van der Waals surface area contributed by atoms with E-state index in [2.05, 4.69) is 21.9 Å². The highest BCUT2D eigenvalue weighted by molar-refractivity contribution is 7.91. The number of alkyl carbamates (subject to hydrolysis) is 1. The lowest BCUT2D eigenvalue weighted by Gasteiger charge is -2.30. The van der Waals surface area contributed by atoms with Crippen molar-refractivity contribution in [2.45, 2.75) is 120 Å². The van der Waals surface area contributed by atoms with Gasteiger partial charge in [0.05, 0.1) is 18.3 Å². The Morgan fingerprint density at radius 2 is 1.82 bits per heavy atom. The summed E-state index contributed by atoms with van der Waals surface area (Å²) in [7, 11) is -3.97. The smallest absolute Gasteiger partial charge is 0.410 e. The van der Waals surface area contributed by atoms with E-state index in [0.29, 0.717) is 29.9 Å². The number of ether oxygens (including phenoxy) is 2. The lowest BCUT2D eigenvalue weighted by molar-refractivity contribution is -0.141. The molecule has 2 aliphatic heterocycles. The topological polar surface area (TPSA) is 198 Å². The van der Waals surface area contributed by atoms with Crippen molar-refractivity contribution in [3.8, 4) is 0 Å². The minimum absolute atomic E-state index is 0.0461. The van der Waals surface area contributed by atoms with Crippen LogP contribution in [0.25, 0.3) is 0 Å². The van der Waals surface area contributed by atoms with Gasteiger partial charge in [-0.1, -0.05) is 24.3 Å². The Labute approximate surface area is 319 Å². The molecule has 5 atom stereocenters. The quantitative estimate of drug-likeness (QED) is 0.186. The second kappa shape index (κ2) is 15.4. The number of allylic oxidation sites excluding steroid dienone is 2. The fourth-order valence-corrected chi connectivity index (χ4v) is 8.29. The van der Waals surface area contributed by atoms with Crippen molar-refractivity contribution in [3.63, 3.8) is 0 Å². The van der Waals surface area contributed by atoms with Gasteiger partial charge in [0.1, 0.15) is 35.1 Å². The predicted molar refractivity (Wildman–Crippen MR) is 195 cm³/mol. The summed E-state index contributed by atoms with van der Waals surface area (Å²) in [5.74, 6) is -3.54. The van der Waals surface area contributed by atoms with E-state index in [4.69, 9.17) is 9.47 Å². The highest BCUT2D eigenvalue weighted by Crippen LogP contribution is 2.45. The molecule has 5 aliphatic rings. The van der Waals surface area contributed by atoms with Gasteiger partial charge in [-0.05, 0) is 82.9 Å². The van der Waals surface area contributed by atoms with E-state index >= 15 is 0 Å². The first-order valence-corrected chi connectivity index (χ1v) is 20.2. The second-order valence-corrected chi connectivity index (χ2v) is 18.0. The number of rotatable bonds is 14. The van der Waals surface area contributed by atoms with Crippen molar-refractivity contribution >= 4 is 45.7 Å². The molecule has 55 heavy (non-hydrogen) atoms. The Morgan fingerprint density at radius 3 is 2.44 bits per heavy atom. The van der Waals surface area contributed by atoms with Crippen LogP contribution in [0.4, 0.5) is 14.0 Å². The SMILES string of the molecule is C=C[C@@H]1C[C@]1(NC(=O)[C@@H]1C[C@@H](OC(=O)N2Cc3cccc(F)c3C2)CN1C(=O)[C@@H](CCC(=O)/C=C\C1CC1)NC(=O)OC(C)(C)C)C(=O)NS(=O)(=O)C1CC1. The van der Waals surface area contributed by atoms with E-state index in [1.165, 1.54) is 29.2 Å². The largest absolute Gasteiger partial charge is 0.444 e. The number of ketones is 1. The Balaban J connectivity index is 1.23. The molecule has 0 radical (unpaired) electrons. The molecule has 6 rings (SSSR count). The number of nitrogens with zero attached hydrogens (tertiary/aromatic N) is 2. The molecule has 15 nitrogen and oxygen atoms in total. The highest BCUT2D eigenvalue weighted by atomic mass is 32.2. The Kier molecular flexibility index (Phi) is 11.2. The summed E-state index contributed by atoms with van der Waals surface area (Å²) >= 11 is 0. The van der Waals surface area contributed by atoms with Gasteiger partial charge in [0.15, 0.2) is 5.78 Å². The molecule has 2 heterocycles. The van der Waals surface area contributed by atoms with Crippen LogP contribution in [0.3, 0.4) is 0 Å². The third-order valence-corrected chi connectivity index (χ3v) is 12.2. The molecular formula is C38H48FN5O10S. The zero-order valence-electron chi connectivity index (χ0n) is 31.2. The number of carbonyl (C=O) groups is 6. The number of likely N-dealkylation sites (tertiary alicyclic amines) is 1. The van der Waals surface area contributed by atoms with E-state index in [1.54, 1.807) is 26.8 Å². The van der Waals surface area contributed by atoms with Crippen molar-refractivity contribution < 1.29 is 51.0 Å². The number of halogens is 1. The zero-order chi connectivity index (χ0) is 39.9. The van der Waals surface area contributed by atoms with Gasteiger partial charge in [-0.3, -0.25) is 28.8 Å². The van der Waals surface area contributed by atoms with Crippen LogP contribution in [0.2, 0.25) is 0 Å². The molecule has 1 saturated heterocycles. The molecule has 17 heteroatoms. The summed E-state index contributed by atoms with van der Waals surface area (Å²) in [6, 6.07) is 1.82. The summed E-state index contributed by atoms with van der Waals surface area (Å²) in [5.41, 5.74) is -1.62. The van der Waals surface area contributed by atoms with Gasteiger partial charge >= 0.3 is 12.2 Å². The molecule has 3 saturated carbocycles. The summed E-state index contributed by atoms with van der Waals surface area (Å²) in [4.78, 5) is 83.5. The van der Waals surface area contributed by atoms with E-state index in [0.717, 1.165) is 17.7 Å². The van der Waals surface area contributed by atoms with Crippen molar-refractivity contribution in [2.24, 2.45) is 11.8 Å². The number of carbonyl (C=O) groups excluding carboxylic acids is 6. The molecular weight excluding hydrogens is 738 g/mol. The average Bonchev–Trinajstić information content (AvgIpc) is 4.04. The first kappa shape index (κ1) is 39.9. The van der Waals surface area contributed by atoms with Crippen molar-refractivity contribution in [1.29, 1.82) is 0 Å². The summed E-state index contributed by atoms with van der Waals surface area (Å²) in [5, 5.41) is 4.51. The number of fused-ring (bicyclic) bond motifs is 1. The van der Waals surface area contributed by atoms with Crippen molar-refractivity contribution in [3.05, 3.63) is 60.0 Å². The number of benzene rings is 1. The molecule has 0 unspecified atom stereocenters. The van der Waals surface area contributed by atoms with Gasteiger partial charge in [0, 0.05) is 30.9 Å². The van der Waals surface area contributed by atoms with E-state index in [9.17, 15) is 41.6 Å². The third kappa shape index (κ3) is 9.54. The van der Waals surface area contributed by atoms with Crippen molar-refractivity contribution in [1.82, 2.24) is 25.2 Å². The first-order chi connectivity index (χ1) is 25.9. The molecule has 298 valence electrons. The van der Waals surface area contributed by atoms with E-state index in [-0.39, 0.29) is 51.1 Å². The first-order valence-electron chi connectivity index (χ1n) is 18.6. The number of amides is 5. The van der Waals surface area contributed by atoms with Crippen LogP contribution >= 0.6 is 0 Å². The average molecular weight is 786 g/mol. The fourth-order valence-electron chi connectivity index (χ4n) is 6.93. The summed E-state index contributed by atoms with van der Waals surface area (Å²) in [6.45, 7) is 8.36. The van der Waals surface area contributed by atoms with Gasteiger partial charge in [0.2, 0.25) is 21.8 Å². The third-order valence-electron chi connectivity index (χ3n) is 10.4. The Hall–Kier alpha value is -4.80. The Morgan fingerprint density at radius 1 is 1.09 bits per heavy atom. The molecule has 0 aromatic heterocycles.